The van der Waals surface area contributed by atoms with Crippen LogP contribution in [-0.4, -0.2) is 43.2 Å². The Morgan fingerprint density at radius 1 is 1.32 bits per heavy atom. The fourth-order valence-corrected chi connectivity index (χ4v) is 1.94. The summed E-state index contributed by atoms with van der Waals surface area (Å²) in [5.74, 6) is -1.40. The molecule has 0 aromatic rings. The standard InChI is InChI=1S/C7H13NO4S.C4H6O2/c1-4-6(9)8-7(2,3)5-13(10,11)12;1-3-4(5)6-2/h4H,1,5H2,2-3H3,(H,8,9)(H,10,11,12);3H,1H2,2H3. The van der Waals surface area contributed by atoms with Crippen molar-refractivity contribution in [3.8, 4) is 0 Å². The number of hydrogen-bond acceptors (Lipinski definition) is 5. The lowest BCUT2D eigenvalue weighted by Gasteiger charge is -2.23. The molecule has 0 aliphatic heterocycles. The second-order valence-corrected chi connectivity index (χ2v) is 5.48. The van der Waals surface area contributed by atoms with Crippen molar-refractivity contribution in [1.82, 2.24) is 5.32 Å². The third-order valence-corrected chi connectivity index (χ3v) is 2.64. The van der Waals surface area contributed by atoms with Crippen LogP contribution in [0.2, 0.25) is 0 Å². The van der Waals surface area contributed by atoms with Crippen molar-refractivity contribution in [3.05, 3.63) is 25.3 Å². The average molecular weight is 293 g/mol. The predicted molar refractivity (Wildman–Crippen MR) is 71.0 cm³/mol. The zero-order valence-corrected chi connectivity index (χ0v) is 12.0. The molecule has 0 unspecified atom stereocenters. The van der Waals surface area contributed by atoms with Crippen LogP contribution in [0.4, 0.5) is 0 Å². The van der Waals surface area contributed by atoms with Gasteiger partial charge in [-0.25, -0.2) is 4.79 Å². The zero-order chi connectivity index (χ0) is 15.7. The normalized spacial score (nSPS) is 10.5. The average Bonchev–Trinajstić information content (AvgIpc) is 2.24. The van der Waals surface area contributed by atoms with E-state index in [0.717, 1.165) is 12.2 Å². The van der Waals surface area contributed by atoms with Gasteiger partial charge < -0.3 is 10.1 Å². The van der Waals surface area contributed by atoms with Gasteiger partial charge >= 0.3 is 5.97 Å². The molecule has 0 aliphatic carbocycles. The van der Waals surface area contributed by atoms with E-state index in [1.807, 2.05) is 0 Å². The lowest BCUT2D eigenvalue weighted by atomic mass is 10.1. The Labute approximate surface area is 113 Å². The molecule has 0 saturated carbocycles. The highest BCUT2D eigenvalue weighted by Crippen LogP contribution is 2.05. The fourth-order valence-electron chi connectivity index (χ4n) is 0.960. The SMILES string of the molecule is C=CC(=O)NC(C)(C)CS(=O)(=O)O.C=CC(=O)OC. The second-order valence-electron chi connectivity index (χ2n) is 4.03. The minimum absolute atomic E-state index is 0.394. The van der Waals surface area contributed by atoms with Crippen molar-refractivity contribution < 1.29 is 27.3 Å². The van der Waals surface area contributed by atoms with Crippen LogP contribution < -0.4 is 5.32 Å². The fraction of sp³-hybridized carbons (Fsp3) is 0.455. The summed E-state index contributed by atoms with van der Waals surface area (Å²) in [6.45, 7) is 9.35. The molecule has 19 heavy (non-hydrogen) atoms. The van der Waals surface area contributed by atoms with E-state index in [4.69, 9.17) is 4.55 Å². The summed E-state index contributed by atoms with van der Waals surface area (Å²) < 4.78 is 33.7. The minimum Gasteiger partial charge on any atom is -0.466 e. The molecule has 0 atom stereocenters. The number of hydrogen-bond donors (Lipinski definition) is 2. The summed E-state index contributed by atoms with van der Waals surface area (Å²) in [5.41, 5.74) is -1.00. The molecule has 8 heteroatoms. The minimum atomic E-state index is -4.08. The van der Waals surface area contributed by atoms with Gasteiger partial charge in [0, 0.05) is 6.08 Å². The number of ether oxygens (including phenoxy) is 1. The molecule has 2 N–H and O–H groups in total. The summed E-state index contributed by atoms with van der Waals surface area (Å²) in [5, 5.41) is 2.37. The molecule has 0 aromatic heterocycles. The molecule has 0 spiro atoms. The molecular weight excluding hydrogens is 274 g/mol. The topological polar surface area (TPSA) is 110 Å². The summed E-state index contributed by atoms with van der Waals surface area (Å²) in [6.07, 6.45) is 2.14. The first-order chi connectivity index (χ1) is 8.47. The molecule has 0 aliphatic rings. The molecule has 0 aromatic carbocycles. The quantitative estimate of drug-likeness (QED) is 0.428. The van der Waals surface area contributed by atoms with E-state index in [1.54, 1.807) is 0 Å². The predicted octanol–water partition coefficient (Wildman–Crippen LogP) is 0.300. The molecule has 0 saturated heterocycles. The molecule has 7 nitrogen and oxygen atoms in total. The Morgan fingerprint density at radius 2 is 1.79 bits per heavy atom. The maximum absolute atomic E-state index is 10.8. The molecule has 110 valence electrons. The number of methoxy groups -OCH3 is 1. The van der Waals surface area contributed by atoms with Crippen LogP contribution in [0, 0.1) is 0 Å². The molecular formula is C11H19NO6S. The first-order valence-electron chi connectivity index (χ1n) is 5.07. The molecule has 0 fully saturated rings. The number of nitrogens with one attached hydrogen (secondary N) is 1. The largest absolute Gasteiger partial charge is 0.466 e. The van der Waals surface area contributed by atoms with Gasteiger partial charge in [0.05, 0.1) is 18.4 Å². The highest BCUT2D eigenvalue weighted by atomic mass is 32.2. The Morgan fingerprint density at radius 3 is 2.00 bits per heavy atom. The second kappa shape index (κ2) is 8.44. The number of carbonyl (C=O) groups excluding carboxylic acids is 2. The van der Waals surface area contributed by atoms with Crippen LogP contribution >= 0.6 is 0 Å². The van der Waals surface area contributed by atoms with Gasteiger partial charge in [-0.2, -0.15) is 8.42 Å². The van der Waals surface area contributed by atoms with Gasteiger partial charge in [0.25, 0.3) is 10.1 Å². The van der Waals surface area contributed by atoms with Crippen LogP contribution in [-0.2, 0) is 24.4 Å². The molecule has 0 heterocycles. The Balaban J connectivity index is 0. The van der Waals surface area contributed by atoms with E-state index in [2.05, 4.69) is 23.2 Å². The summed E-state index contributed by atoms with van der Waals surface area (Å²) in [7, 11) is -2.78. The van der Waals surface area contributed by atoms with Gasteiger partial charge in [0.1, 0.15) is 0 Å². The number of carbonyl (C=O) groups is 2. The monoisotopic (exact) mass is 293 g/mol. The van der Waals surface area contributed by atoms with E-state index in [0.29, 0.717) is 0 Å². The zero-order valence-electron chi connectivity index (χ0n) is 11.2. The number of rotatable bonds is 5. The van der Waals surface area contributed by atoms with Crippen molar-refractivity contribution in [2.45, 2.75) is 19.4 Å². The summed E-state index contributed by atoms with van der Waals surface area (Å²) >= 11 is 0. The van der Waals surface area contributed by atoms with E-state index in [-0.39, 0.29) is 0 Å². The number of esters is 1. The molecule has 0 radical (unpaired) electrons. The van der Waals surface area contributed by atoms with Crippen LogP contribution in [0.1, 0.15) is 13.8 Å². The van der Waals surface area contributed by atoms with Gasteiger partial charge in [0.2, 0.25) is 5.91 Å². The third kappa shape index (κ3) is 14.3. The summed E-state index contributed by atoms with van der Waals surface area (Å²) in [4.78, 5) is 20.6. The highest BCUT2D eigenvalue weighted by molar-refractivity contribution is 7.85. The van der Waals surface area contributed by atoms with Crippen LogP contribution in [0.25, 0.3) is 0 Å². The smallest absolute Gasteiger partial charge is 0.329 e. The van der Waals surface area contributed by atoms with Crippen molar-refractivity contribution in [2.24, 2.45) is 0 Å². The van der Waals surface area contributed by atoms with Crippen LogP contribution in [0.3, 0.4) is 0 Å². The third-order valence-electron chi connectivity index (χ3n) is 1.56. The maximum atomic E-state index is 10.8. The first kappa shape index (κ1) is 19.7. The summed E-state index contributed by atoms with van der Waals surface area (Å²) in [6, 6.07) is 0. The van der Waals surface area contributed by atoms with E-state index < -0.39 is 33.3 Å². The van der Waals surface area contributed by atoms with Crippen LogP contribution in [0.5, 0.6) is 0 Å². The van der Waals surface area contributed by atoms with E-state index in [9.17, 15) is 18.0 Å². The van der Waals surface area contributed by atoms with Crippen molar-refractivity contribution in [3.63, 3.8) is 0 Å². The Hall–Kier alpha value is -1.67. The maximum Gasteiger partial charge on any atom is 0.329 e. The van der Waals surface area contributed by atoms with Crippen LogP contribution in [0.15, 0.2) is 25.3 Å². The van der Waals surface area contributed by atoms with Crippen molar-refractivity contribution >= 4 is 22.0 Å². The van der Waals surface area contributed by atoms with Gasteiger partial charge in [-0.3, -0.25) is 9.35 Å². The van der Waals surface area contributed by atoms with Crippen molar-refractivity contribution in [1.29, 1.82) is 0 Å². The van der Waals surface area contributed by atoms with E-state index >= 15 is 0 Å². The Bertz CT molecular complexity index is 438. The van der Waals surface area contributed by atoms with E-state index in [1.165, 1.54) is 21.0 Å². The van der Waals surface area contributed by atoms with Crippen molar-refractivity contribution in [2.75, 3.05) is 12.9 Å². The molecule has 1 amide bonds. The lowest BCUT2D eigenvalue weighted by molar-refractivity contribution is -0.134. The van der Waals surface area contributed by atoms with Gasteiger partial charge in [-0.05, 0) is 19.9 Å². The van der Waals surface area contributed by atoms with Gasteiger partial charge in [0.15, 0.2) is 0 Å². The van der Waals surface area contributed by atoms with Gasteiger partial charge in [-0.1, -0.05) is 13.2 Å². The molecule has 0 bridgehead atoms. The number of amides is 1. The Kier molecular flexibility index (Phi) is 8.73. The first-order valence-corrected chi connectivity index (χ1v) is 6.68. The highest BCUT2D eigenvalue weighted by Gasteiger charge is 2.25. The lowest BCUT2D eigenvalue weighted by Crippen LogP contribution is -2.47. The molecule has 0 rings (SSSR count). The van der Waals surface area contributed by atoms with Gasteiger partial charge in [-0.15, -0.1) is 0 Å².